The Morgan fingerprint density at radius 2 is 1.96 bits per heavy atom. The molecule has 0 saturated carbocycles. The van der Waals surface area contributed by atoms with Crippen molar-refractivity contribution < 1.29 is 18.3 Å². The number of benzene rings is 2. The first-order chi connectivity index (χ1) is 12.1. The van der Waals surface area contributed by atoms with E-state index in [2.05, 4.69) is 5.32 Å². The molecule has 3 rings (SSSR count). The molecule has 1 amide bonds. The van der Waals surface area contributed by atoms with Gasteiger partial charge in [0.2, 0.25) is 0 Å². The van der Waals surface area contributed by atoms with Crippen LogP contribution in [-0.2, 0) is 4.74 Å². The summed E-state index contributed by atoms with van der Waals surface area (Å²) in [6.45, 7) is 1.16. The first-order valence-corrected chi connectivity index (χ1v) is 8.48. The van der Waals surface area contributed by atoms with E-state index in [0.29, 0.717) is 13.2 Å². The second kappa shape index (κ2) is 8.21. The zero-order valence-corrected chi connectivity index (χ0v) is 13.8. The van der Waals surface area contributed by atoms with Crippen molar-refractivity contribution in [3.8, 4) is 0 Å². The minimum Gasteiger partial charge on any atom is -0.373 e. The fourth-order valence-corrected chi connectivity index (χ4v) is 3.20. The van der Waals surface area contributed by atoms with Gasteiger partial charge in [0.1, 0.15) is 0 Å². The second-order valence-corrected chi connectivity index (χ2v) is 6.24. The molecule has 5 heteroatoms. The molecule has 1 saturated heterocycles. The van der Waals surface area contributed by atoms with Crippen LogP contribution in [-0.4, -0.2) is 19.1 Å². The van der Waals surface area contributed by atoms with Gasteiger partial charge in [0, 0.05) is 30.2 Å². The summed E-state index contributed by atoms with van der Waals surface area (Å²) < 4.78 is 31.5. The summed E-state index contributed by atoms with van der Waals surface area (Å²) in [6, 6.07) is 15.5. The van der Waals surface area contributed by atoms with Crippen LogP contribution in [0.25, 0.3) is 0 Å². The molecule has 0 spiro atoms. The molecule has 1 heterocycles. The molecule has 1 fully saturated rings. The van der Waals surface area contributed by atoms with Crippen molar-refractivity contribution in [3.05, 3.63) is 71.3 Å². The van der Waals surface area contributed by atoms with Crippen LogP contribution in [0, 0.1) is 5.92 Å². The molecule has 2 atom stereocenters. The quantitative estimate of drug-likeness (QED) is 0.865. The predicted molar refractivity (Wildman–Crippen MR) is 91.6 cm³/mol. The van der Waals surface area contributed by atoms with Crippen molar-refractivity contribution in [2.24, 2.45) is 5.92 Å². The van der Waals surface area contributed by atoms with Crippen LogP contribution in [0.1, 0.15) is 46.9 Å². The summed E-state index contributed by atoms with van der Waals surface area (Å²) in [6.07, 6.45) is -0.730. The molecule has 1 aliphatic rings. The summed E-state index contributed by atoms with van der Waals surface area (Å²) >= 11 is 0. The number of ether oxygens (including phenoxy) is 1. The lowest BCUT2D eigenvalue weighted by Gasteiger charge is -2.32. The van der Waals surface area contributed by atoms with Crippen LogP contribution >= 0.6 is 0 Å². The molecular formula is C20H21F2NO2. The summed E-state index contributed by atoms with van der Waals surface area (Å²) in [4.78, 5) is 12.3. The maximum absolute atomic E-state index is 12.8. The monoisotopic (exact) mass is 345 g/mol. The molecule has 0 radical (unpaired) electrons. The Labute approximate surface area is 146 Å². The molecule has 3 nitrogen and oxygen atoms in total. The highest BCUT2D eigenvalue weighted by Crippen LogP contribution is 2.33. The van der Waals surface area contributed by atoms with E-state index >= 15 is 0 Å². The highest BCUT2D eigenvalue weighted by molar-refractivity contribution is 5.94. The zero-order chi connectivity index (χ0) is 17.6. The molecular weight excluding hydrogens is 324 g/mol. The smallest absolute Gasteiger partial charge is 0.263 e. The van der Waals surface area contributed by atoms with Gasteiger partial charge in [-0.15, -0.1) is 0 Å². The number of nitrogens with one attached hydrogen (secondary N) is 1. The summed E-state index contributed by atoms with van der Waals surface area (Å²) in [5.74, 6) is -0.168. The van der Waals surface area contributed by atoms with E-state index in [0.717, 1.165) is 18.4 Å². The van der Waals surface area contributed by atoms with Gasteiger partial charge in [-0.05, 0) is 30.5 Å². The first kappa shape index (κ1) is 17.5. The third-order valence-corrected chi connectivity index (χ3v) is 4.50. The molecule has 0 bridgehead atoms. The highest BCUT2D eigenvalue weighted by Gasteiger charge is 2.27. The summed E-state index contributed by atoms with van der Waals surface area (Å²) in [5, 5.41) is 2.87. The number of carbonyl (C=O) groups excluding carboxylic acids is 1. The van der Waals surface area contributed by atoms with E-state index in [1.807, 2.05) is 30.3 Å². The van der Waals surface area contributed by atoms with E-state index in [1.165, 1.54) is 18.2 Å². The van der Waals surface area contributed by atoms with Crippen molar-refractivity contribution in [2.75, 3.05) is 13.2 Å². The maximum atomic E-state index is 12.8. The number of alkyl halides is 2. The van der Waals surface area contributed by atoms with Gasteiger partial charge < -0.3 is 10.1 Å². The number of halogens is 2. The minimum atomic E-state index is -2.58. The molecule has 132 valence electrons. The van der Waals surface area contributed by atoms with Crippen molar-refractivity contribution in [1.82, 2.24) is 5.32 Å². The Morgan fingerprint density at radius 3 is 2.72 bits per heavy atom. The van der Waals surface area contributed by atoms with Gasteiger partial charge in [-0.2, -0.15) is 0 Å². The first-order valence-electron chi connectivity index (χ1n) is 8.48. The average Bonchev–Trinajstić information content (AvgIpc) is 2.67. The normalized spacial score (nSPS) is 20.4. The van der Waals surface area contributed by atoms with Crippen molar-refractivity contribution in [1.29, 1.82) is 0 Å². The van der Waals surface area contributed by atoms with E-state index in [4.69, 9.17) is 4.74 Å². The van der Waals surface area contributed by atoms with Crippen LogP contribution in [0.15, 0.2) is 54.6 Å². The van der Waals surface area contributed by atoms with Crippen LogP contribution in [0.5, 0.6) is 0 Å². The van der Waals surface area contributed by atoms with Crippen LogP contribution in [0.3, 0.4) is 0 Å². The van der Waals surface area contributed by atoms with Gasteiger partial charge in [0.25, 0.3) is 12.3 Å². The number of amides is 1. The fraction of sp³-hybridized carbons (Fsp3) is 0.350. The molecule has 0 unspecified atom stereocenters. The molecule has 2 aromatic carbocycles. The van der Waals surface area contributed by atoms with E-state index in [-0.39, 0.29) is 29.1 Å². The molecule has 1 N–H and O–H groups in total. The summed E-state index contributed by atoms with van der Waals surface area (Å²) in [7, 11) is 0. The third kappa shape index (κ3) is 4.42. The van der Waals surface area contributed by atoms with E-state index < -0.39 is 6.43 Å². The SMILES string of the molecule is O=C(NC[C@H]1CCCO[C@@H]1c1ccccc1)c1cccc(C(F)F)c1. The Kier molecular flexibility index (Phi) is 5.76. The lowest BCUT2D eigenvalue weighted by molar-refractivity contribution is -0.0272. The molecule has 1 aliphatic heterocycles. The van der Waals surface area contributed by atoms with Crippen LogP contribution in [0.4, 0.5) is 8.78 Å². The summed E-state index contributed by atoms with van der Waals surface area (Å²) in [5.41, 5.74) is 1.21. The fourth-order valence-electron chi connectivity index (χ4n) is 3.20. The van der Waals surface area contributed by atoms with Crippen LogP contribution < -0.4 is 5.32 Å². The zero-order valence-electron chi connectivity index (χ0n) is 13.8. The Balaban J connectivity index is 1.65. The van der Waals surface area contributed by atoms with E-state index in [1.54, 1.807) is 6.07 Å². The van der Waals surface area contributed by atoms with Gasteiger partial charge >= 0.3 is 0 Å². The van der Waals surface area contributed by atoms with Gasteiger partial charge in [0.15, 0.2) is 0 Å². The average molecular weight is 345 g/mol. The number of rotatable bonds is 5. The van der Waals surface area contributed by atoms with Gasteiger partial charge in [-0.3, -0.25) is 4.79 Å². The van der Waals surface area contributed by atoms with Gasteiger partial charge in [-0.25, -0.2) is 8.78 Å². The lowest BCUT2D eigenvalue weighted by Crippen LogP contribution is -2.35. The Morgan fingerprint density at radius 1 is 1.16 bits per heavy atom. The standard InChI is InChI=1S/C20H21F2NO2/c21-19(22)15-8-4-9-16(12-15)20(24)23-13-17-10-5-11-25-18(17)14-6-2-1-3-7-14/h1-4,6-9,12,17-19H,5,10-11,13H2,(H,23,24)/t17-,18-/m1/s1. The van der Waals surface area contributed by atoms with Gasteiger partial charge in [0.05, 0.1) is 6.10 Å². The predicted octanol–water partition coefficient (Wildman–Crippen LogP) is 4.52. The number of carbonyl (C=O) groups is 1. The number of hydrogen-bond donors (Lipinski definition) is 1. The Hall–Kier alpha value is -2.27. The van der Waals surface area contributed by atoms with E-state index in [9.17, 15) is 13.6 Å². The third-order valence-electron chi connectivity index (χ3n) is 4.50. The van der Waals surface area contributed by atoms with Crippen molar-refractivity contribution >= 4 is 5.91 Å². The second-order valence-electron chi connectivity index (χ2n) is 6.24. The van der Waals surface area contributed by atoms with Crippen molar-refractivity contribution in [2.45, 2.75) is 25.4 Å². The molecule has 0 aromatic heterocycles. The van der Waals surface area contributed by atoms with Crippen molar-refractivity contribution in [3.63, 3.8) is 0 Å². The van der Waals surface area contributed by atoms with Gasteiger partial charge in [-0.1, -0.05) is 42.5 Å². The molecule has 25 heavy (non-hydrogen) atoms. The lowest BCUT2D eigenvalue weighted by atomic mass is 9.89. The Bertz CT molecular complexity index is 706. The molecule has 2 aromatic rings. The molecule has 0 aliphatic carbocycles. The minimum absolute atomic E-state index is 0.0531. The maximum Gasteiger partial charge on any atom is 0.263 e. The highest BCUT2D eigenvalue weighted by atomic mass is 19.3. The number of hydrogen-bond acceptors (Lipinski definition) is 2. The topological polar surface area (TPSA) is 38.3 Å². The van der Waals surface area contributed by atoms with Crippen LogP contribution in [0.2, 0.25) is 0 Å². The largest absolute Gasteiger partial charge is 0.373 e.